The van der Waals surface area contributed by atoms with Gasteiger partial charge in [-0.15, -0.1) is 0 Å². The molecule has 2 rings (SSSR count). The number of unbranched alkanes of at least 4 members (excludes halogenated alkanes) is 2. The van der Waals surface area contributed by atoms with E-state index in [0.29, 0.717) is 13.0 Å². The molecule has 0 saturated heterocycles. The van der Waals surface area contributed by atoms with Crippen molar-refractivity contribution in [3.63, 3.8) is 0 Å². The first-order valence-electron chi connectivity index (χ1n) is 13.4. The van der Waals surface area contributed by atoms with Gasteiger partial charge < -0.3 is 30.8 Å². The van der Waals surface area contributed by atoms with Crippen LogP contribution in [0.15, 0.2) is 48.5 Å². The average Bonchev–Trinajstić information content (AvgIpc) is 2.95. The van der Waals surface area contributed by atoms with Gasteiger partial charge in [0.25, 0.3) is 0 Å². The Kier molecular flexibility index (Phi) is 28.1. The van der Waals surface area contributed by atoms with E-state index in [9.17, 15) is 0 Å². The predicted octanol–water partition coefficient (Wildman–Crippen LogP) is 4.38. The van der Waals surface area contributed by atoms with E-state index >= 15 is 0 Å². The number of nitrogens with one attached hydrogen (secondary N) is 1. The van der Waals surface area contributed by atoms with E-state index < -0.39 is 6.10 Å². The van der Waals surface area contributed by atoms with E-state index in [1.165, 1.54) is 24.0 Å². The molecule has 0 aliphatic rings. The molecule has 0 heterocycles. The molecular weight excluding hydrogens is 454 g/mol. The van der Waals surface area contributed by atoms with Crippen LogP contribution in [0.3, 0.4) is 0 Å². The summed E-state index contributed by atoms with van der Waals surface area (Å²) in [4.78, 5) is 0. The first-order valence-corrected chi connectivity index (χ1v) is 13.4. The molecule has 0 aromatic heterocycles. The van der Waals surface area contributed by atoms with Crippen molar-refractivity contribution in [2.75, 3.05) is 26.3 Å². The lowest BCUT2D eigenvalue weighted by Gasteiger charge is -2.00. The number of benzene rings is 2. The Balaban J connectivity index is 0. The topological polar surface area (TPSA) is 113 Å². The Hall–Kier alpha value is -1.80. The third-order valence-electron chi connectivity index (χ3n) is 5.32. The van der Waals surface area contributed by atoms with Crippen LogP contribution in [0.5, 0.6) is 0 Å². The summed E-state index contributed by atoms with van der Waals surface area (Å²) in [5.41, 5.74) is 4.58. The molecule has 6 heteroatoms. The molecule has 2 aromatic rings. The molecule has 6 N–H and O–H groups in total. The maximum atomic E-state index is 8.76. The lowest BCUT2D eigenvalue weighted by atomic mass is 10.1. The first kappa shape index (κ1) is 36.4. The summed E-state index contributed by atoms with van der Waals surface area (Å²) in [6.45, 7) is 11.0. The smallest absolute Gasteiger partial charge is 0.0768 e. The zero-order valence-corrected chi connectivity index (χ0v) is 23.1. The van der Waals surface area contributed by atoms with Gasteiger partial charge in [-0.1, -0.05) is 76.2 Å². The number of aliphatic hydroxyl groups excluding tert-OH is 5. The van der Waals surface area contributed by atoms with Gasteiger partial charge in [0.05, 0.1) is 25.9 Å². The minimum atomic E-state index is -0.509. The zero-order valence-electron chi connectivity index (χ0n) is 23.1. The summed E-state index contributed by atoms with van der Waals surface area (Å²) < 4.78 is 0. The van der Waals surface area contributed by atoms with Crippen LogP contribution in [0.1, 0.15) is 82.1 Å². The summed E-state index contributed by atoms with van der Waals surface area (Å²) in [5.74, 6) is 0. The van der Waals surface area contributed by atoms with E-state index in [-0.39, 0.29) is 19.8 Å². The molecule has 0 saturated carbocycles. The first-order chi connectivity index (χ1) is 17.4. The van der Waals surface area contributed by atoms with Crippen LogP contribution in [0.4, 0.5) is 0 Å². The molecule has 1 atom stereocenters. The van der Waals surface area contributed by atoms with Crippen molar-refractivity contribution < 1.29 is 25.5 Å². The Morgan fingerprint density at radius 3 is 1.69 bits per heavy atom. The summed E-state index contributed by atoms with van der Waals surface area (Å²) >= 11 is 0. The standard InChI is InChI=1S/2C9H12O.C8H19NO.C4H10O2/c1-2-8-3-5-9(7-10)6-4-8;1-2-8-4-3-5-9(6-8)7-10;1-2-6-9-7-4-3-5-8-10;1-2-4(6)3-5/h2*3-6,10H,2,7H2,1H3;9-10H,2-8H2,1H3;4-6H,2-3H2,1H3. The van der Waals surface area contributed by atoms with Crippen LogP contribution in [0.25, 0.3) is 0 Å². The molecule has 0 radical (unpaired) electrons. The van der Waals surface area contributed by atoms with Gasteiger partial charge in [-0.05, 0) is 80.3 Å². The Morgan fingerprint density at radius 2 is 1.25 bits per heavy atom. The second kappa shape index (κ2) is 27.8. The largest absolute Gasteiger partial charge is 0.396 e. The summed E-state index contributed by atoms with van der Waals surface area (Å²) in [6, 6.07) is 16.0. The molecular formula is C30H53NO5. The lowest BCUT2D eigenvalue weighted by molar-refractivity contribution is 0.0923. The van der Waals surface area contributed by atoms with Crippen LogP contribution < -0.4 is 5.32 Å². The van der Waals surface area contributed by atoms with Gasteiger partial charge >= 0.3 is 0 Å². The number of aliphatic hydroxyl groups is 5. The van der Waals surface area contributed by atoms with Crippen molar-refractivity contribution in [3.8, 4) is 0 Å². The van der Waals surface area contributed by atoms with Gasteiger partial charge in [0.15, 0.2) is 0 Å². The maximum Gasteiger partial charge on any atom is 0.0768 e. The van der Waals surface area contributed by atoms with Crippen molar-refractivity contribution in [2.24, 2.45) is 0 Å². The molecule has 36 heavy (non-hydrogen) atoms. The third-order valence-corrected chi connectivity index (χ3v) is 5.32. The quantitative estimate of drug-likeness (QED) is 0.224. The molecule has 0 aliphatic heterocycles. The van der Waals surface area contributed by atoms with Gasteiger partial charge in [0, 0.05) is 6.61 Å². The van der Waals surface area contributed by atoms with E-state index in [1.807, 2.05) is 49.4 Å². The highest BCUT2D eigenvalue weighted by Crippen LogP contribution is 2.05. The normalized spacial score (nSPS) is 10.7. The van der Waals surface area contributed by atoms with Crippen LogP contribution in [0.2, 0.25) is 0 Å². The van der Waals surface area contributed by atoms with Crippen LogP contribution in [-0.4, -0.2) is 57.9 Å². The lowest BCUT2D eigenvalue weighted by Crippen LogP contribution is -2.15. The average molecular weight is 508 g/mol. The molecule has 0 bridgehead atoms. The predicted molar refractivity (Wildman–Crippen MR) is 151 cm³/mol. The number of rotatable bonds is 13. The zero-order chi connectivity index (χ0) is 27.4. The molecule has 2 aromatic carbocycles. The van der Waals surface area contributed by atoms with Crippen molar-refractivity contribution in [2.45, 2.75) is 92.0 Å². The van der Waals surface area contributed by atoms with Gasteiger partial charge in [-0.3, -0.25) is 0 Å². The van der Waals surface area contributed by atoms with Gasteiger partial charge in [0.1, 0.15) is 0 Å². The Bertz CT molecular complexity index is 640. The number of aryl methyl sites for hydroxylation is 2. The second-order valence-corrected chi connectivity index (χ2v) is 8.44. The van der Waals surface area contributed by atoms with Gasteiger partial charge in [-0.2, -0.15) is 0 Å². The third kappa shape index (κ3) is 22.7. The van der Waals surface area contributed by atoms with E-state index in [4.69, 9.17) is 25.5 Å². The molecule has 208 valence electrons. The van der Waals surface area contributed by atoms with Crippen molar-refractivity contribution in [1.29, 1.82) is 0 Å². The van der Waals surface area contributed by atoms with Crippen molar-refractivity contribution >= 4 is 0 Å². The SMILES string of the molecule is CCC(O)CO.CCCNCCCCCO.CCc1ccc(CO)cc1.CCc1cccc(CO)c1. The fourth-order valence-corrected chi connectivity index (χ4v) is 2.80. The highest BCUT2D eigenvalue weighted by Gasteiger charge is 1.92. The summed E-state index contributed by atoms with van der Waals surface area (Å²) in [6.07, 6.45) is 6.72. The number of hydrogen-bond donors (Lipinski definition) is 6. The van der Waals surface area contributed by atoms with Gasteiger partial charge in [0.2, 0.25) is 0 Å². The van der Waals surface area contributed by atoms with E-state index in [1.54, 1.807) is 0 Å². The van der Waals surface area contributed by atoms with Crippen LogP contribution in [0, 0.1) is 0 Å². The van der Waals surface area contributed by atoms with E-state index in [2.05, 4.69) is 32.2 Å². The molecule has 6 nitrogen and oxygen atoms in total. The summed E-state index contributed by atoms with van der Waals surface area (Å²) in [5, 5.41) is 45.7. The van der Waals surface area contributed by atoms with Crippen molar-refractivity contribution in [3.05, 3.63) is 70.8 Å². The minimum absolute atomic E-state index is 0.115. The molecule has 0 amide bonds. The maximum absolute atomic E-state index is 8.76. The van der Waals surface area contributed by atoms with Crippen LogP contribution >= 0.6 is 0 Å². The molecule has 0 fully saturated rings. The minimum Gasteiger partial charge on any atom is -0.396 e. The number of hydrogen-bond acceptors (Lipinski definition) is 6. The Morgan fingerprint density at radius 1 is 0.667 bits per heavy atom. The van der Waals surface area contributed by atoms with Crippen molar-refractivity contribution in [1.82, 2.24) is 5.32 Å². The van der Waals surface area contributed by atoms with Gasteiger partial charge in [-0.25, -0.2) is 0 Å². The molecule has 0 aliphatic carbocycles. The van der Waals surface area contributed by atoms with E-state index in [0.717, 1.165) is 49.9 Å². The molecule has 0 spiro atoms. The second-order valence-electron chi connectivity index (χ2n) is 8.44. The van der Waals surface area contributed by atoms with Crippen LogP contribution in [-0.2, 0) is 26.1 Å². The Labute approximate surface area is 220 Å². The monoisotopic (exact) mass is 507 g/mol. The fraction of sp³-hybridized carbons (Fsp3) is 0.600. The highest BCUT2D eigenvalue weighted by atomic mass is 16.3. The summed E-state index contributed by atoms with van der Waals surface area (Å²) in [7, 11) is 0. The highest BCUT2D eigenvalue weighted by molar-refractivity contribution is 5.22. The molecule has 1 unspecified atom stereocenters. The fourth-order valence-electron chi connectivity index (χ4n) is 2.80.